The van der Waals surface area contributed by atoms with Crippen LogP contribution in [0.2, 0.25) is 0 Å². The molecule has 1 aromatic rings. The van der Waals surface area contributed by atoms with Gasteiger partial charge in [-0.3, -0.25) is 9.52 Å². The molecule has 0 saturated carbocycles. The molecule has 7 heteroatoms. The van der Waals surface area contributed by atoms with E-state index in [9.17, 15) is 13.2 Å². The summed E-state index contributed by atoms with van der Waals surface area (Å²) in [5, 5.41) is 2.81. The van der Waals surface area contributed by atoms with Crippen molar-refractivity contribution in [1.29, 1.82) is 0 Å². The largest absolute Gasteiger partial charge is 0.350 e. The van der Waals surface area contributed by atoms with Gasteiger partial charge in [-0.2, -0.15) is 0 Å². The summed E-state index contributed by atoms with van der Waals surface area (Å²) in [4.78, 5) is 12.2. The lowest BCUT2D eigenvalue weighted by Gasteiger charge is -2.26. The molecule has 0 radical (unpaired) electrons. The number of nitrogens with one attached hydrogen (secondary N) is 2. The minimum Gasteiger partial charge on any atom is -0.350 e. The Morgan fingerprint density at radius 1 is 1.27 bits per heavy atom. The predicted molar refractivity (Wildman–Crippen MR) is 89.5 cm³/mol. The zero-order valence-electron chi connectivity index (χ0n) is 13.6. The van der Waals surface area contributed by atoms with E-state index in [0.717, 1.165) is 24.7 Å². The summed E-state index contributed by atoms with van der Waals surface area (Å²) in [6.07, 6.45) is 2.60. The van der Waals surface area contributed by atoms with Crippen molar-refractivity contribution >= 4 is 21.6 Å². The summed E-state index contributed by atoms with van der Waals surface area (Å²) < 4.78 is 25.1. The van der Waals surface area contributed by atoms with E-state index < -0.39 is 15.6 Å². The van der Waals surface area contributed by atoms with Crippen LogP contribution in [0.4, 0.5) is 5.69 Å². The lowest BCUT2D eigenvalue weighted by atomic mass is 9.94. The van der Waals surface area contributed by atoms with E-state index in [0.29, 0.717) is 17.8 Å². The molecule has 1 aromatic carbocycles. The highest BCUT2D eigenvalue weighted by Crippen LogP contribution is 2.18. The van der Waals surface area contributed by atoms with Crippen LogP contribution in [-0.2, 0) is 10.0 Å². The number of sulfonamides is 1. The highest BCUT2D eigenvalue weighted by molar-refractivity contribution is 7.92. The van der Waals surface area contributed by atoms with Gasteiger partial charge < -0.3 is 11.1 Å². The topological polar surface area (TPSA) is 101 Å². The van der Waals surface area contributed by atoms with Gasteiger partial charge in [0.2, 0.25) is 10.0 Å². The van der Waals surface area contributed by atoms with Crippen molar-refractivity contribution in [1.82, 2.24) is 5.32 Å². The van der Waals surface area contributed by atoms with Crippen LogP contribution in [0.5, 0.6) is 0 Å². The van der Waals surface area contributed by atoms with E-state index in [1.54, 1.807) is 19.1 Å². The minimum atomic E-state index is -3.39. The summed E-state index contributed by atoms with van der Waals surface area (Å²) in [7, 11) is -3.39. The standard InChI is InChI=1S/C15H25N3O3S/c1-5-15(16,6-2)10-17-14(19)12-8-7-11(3)13(9-12)18-22(4,20)21/h7-9,18H,5-6,10,16H2,1-4H3,(H,17,19). The number of aryl methyl sites for hydroxylation is 1. The number of hydrogen-bond donors (Lipinski definition) is 3. The fourth-order valence-corrected chi connectivity index (χ4v) is 2.55. The number of anilines is 1. The molecular formula is C15H25N3O3S. The molecular weight excluding hydrogens is 302 g/mol. The number of carbonyl (C=O) groups is 1. The smallest absolute Gasteiger partial charge is 0.251 e. The minimum absolute atomic E-state index is 0.270. The van der Waals surface area contributed by atoms with Crippen molar-refractivity contribution in [3.8, 4) is 0 Å². The molecule has 0 aromatic heterocycles. The molecule has 0 unspecified atom stereocenters. The first-order valence-electron chi connectivity index (χ1n) is 7.25. The van der Waals surface area contributed by atoms with Crippen molar-refractivity contribution in [2.75, 3.05) is 17.5 Å². The van der Waals surface area contributed by atoms with E-state index in [4.69, 9.17) is 5.73 Å². The summed E-state index contributed by atoms with van der Waals surface area (Å²) in [5.41, 5.74) is 7.28. The van der Waals surface area contributed by atoms with Gasteiger partial charge in [0.25, 0.3) is 5.91 Å². The molecule has 0 fully saturated rings. The maximum Gasteiger partial charge on any atom is 0.251 e. The zero-order chi connectivity index (χ0) is 17.0. The zero-order valence-corrected chi connectivity index (χ0v) is 14.4. The molecule has 0 bridgehead atoms. The second kappa shape index (κ2) is 7.11. The number of amides is 1. The van der Waals surface area contributed by atoms with Crippen LogP contribution >= 0.6 is 0 Å². The predicted octanol–water partition coefficient (Wildman–Crippen LogP) is 1.61. The lowest BCUT2D eigenvalue weighted by Crippen LogP contribution is -2.49. The molecule has 0 heterocycles. The van der Waals surface area contributed by atoms with Crippen LogP contribution in [0.3, 0.4) is 0 Å². The van der Waals surface area contributed by atoms with Crippen LogP contribution in [0.15, 0.2) is 18.2 Å². The second-order valence-electron chi connectivity index (χ2n) is 5.66. The summed E-state index contributed by atoms with van der Waals surface area (Å²) in [5.74, 6) is -0.270. The third-order valence-corrected chi connectivity index (χ3v) is 4.40. The lowest BCUT2D eigenvalue weighted by molar-refractivity contribution is 0.0942. The third-order valence-electron chi connectivity index (χ3n) is 3.80. The van der Waals surface area contributed by atoms with Crippen LogP contribution in [-0.4, -0.2) is 32.7 Å². The SMILES string of the molecule is CCC(N)(CC)CNC(=O)c1ccc(C)c(NS(C)(=O)=O)c1. The number of hydrogen-bond acceptors (Lipinski definition) is 4. The Balaban J connectivity index is 2.89. The van der Waals surface area contributed by atoms with Crippen molar-refractivity contribution in [3.05, 3.63) is 29.3 Å². The average molecular weight is 327 g/mol. The van der Waals surface area contributed by atoms with E-state index in [1.807, 2.05) is 13.8 Å². The van der Waals surface area contributed by atoms with Crippen molar-refractivity contribution in [2.24, 2.45) is 5.73 Å². The highest BCUT2D eigenvalue weighted by atomic mass is 32.2. The molecule has 0 aliphatic rings. The fraction of sp³-hybridized carbons (Fsp3) is 0.533. The fourth-order valence-electron chi connectivity index (χ4n) is 1.93. The van der Waals surface area contributed by atoms with Gasteiger partial charge >= 0.3 is 0 Å². The molecule has 22 heavy (non-hydrogen) atoms. The van der Waals surface area contributed by atoms with Crippen molar-refractivity contribution in [2.45, 2.75) is 39.2 Å². The molecule has 1 amide bonds. The van der Waals surface area contributed by atoms with Gasteiger partial charge in [-0.05, 0) is 37.5 Å². The Hall–Kier alpha value is -1.60. The normalized spacial score (nSPS) is 12.0. The molecule has 0 saturated heterocycles. The van der Waals surface area contributed by atoms with Gasteiger partial charge in [0.05, 0.1) is 11.9 Å². The summed E-state index contributed by atoms with van der Waals surface area (Å²) in [6, 6.07) is 4.90. The summed E-state index contributed by atoms with van der Waals surface area (Å²) >= 11 is 0. The maximum absolute atomic E-state index is 12.2. The van der Waals surface area contributed by atoms with E-state index in [2.05, 4.69) is 10.0 Å². The number of benzene rings is 1. The van der Waals surface area contributed by atoms with Crippen LogP contribution < -0.4 is 15.8 Å². The van der Waals surface area contributed by atoms with Gasteiger partial charge in [-0.1, -0.05) is 19.9 Å². The van der Waals surface area contributed by atoms with Gasteiger partial charge in [-0.15, -0.1) is 0 Å². The third kappa shape index (κ3) is 5.31. The molecule has 0 spiro atoms. The molecule has 0 atom stereocenters. The first-order chi connectivity index (χ1) is 10.1. The van der Waals surface area contributed by atoms with Gasteiger partial charge in [0.1, 0.15) is 0 Å². The Bertz CT molecular complexity index is 637. The first kappa shape index (κ1) is 18.4. The molecule has 4 N–H and O–H groups in total. The monoisotopic (exact) mass is 327 g/mol. The number of rotatable bonds is 7. The average Bonchev–Trinajstić information content (AvgIpc) is 2.45. The van der Waals surface area contributed by atoms with Crippen LogP contribution in [0, 0.1) is 6.92 Å². The second-order valence-corrected chi connectivity index (χ2v) is 7.40. The van der Waals surface area contributed by atoms with Crippen LogP contribution in [0.1, 0.15) is 42.6 Å². The van der Waals surface area contributed by atoms with E-state index >= 15 is 0 Å². The Kier molecular flexibility index (Phi) is 5.96. The summed E-state index contributed by atoms with van der Waals surface area (Å²) in [6.45, 7) is 6.11. The highest BCUT2D eigenvalue weighted by Gasteiger charge is 2.21. The van der Waals surface area contributed by atoms with Gasteiger partial charge in [0.15, 0.2) is 0 Å². The molecule has 6 nitrogen and oxygen atoms in total. The molecule has 1 rings (SSSR count). The maximum atomic E-state index is 12.2. The Morgan fingerprint density at radius 2 is 1.86 bits per heavy atom. The van der Waals surface area contributed by atoms with E-state index in [-0.39, 0.29) is 5.91 Å². The molecule has 124 valence electrons. The van der Waals surface area contributed by atoms with Gasteiger partial charge in [0, 0.05) is 17.6 Å². The number of nitrogens with two attached hydrogens (primary N) is 1. The van der Waals surface area contributed by atoms with Crippen molar-refractivity contribution in [3.63, 3.8) is 0 Å². The quantitative estimate of drug-likeness (QED) is 0.708. The Morgan fingerprint density at radius 3 is 2.36 bits per heavy atom. The molecule has 0 aliphatic carbocycles. The molecule has 0 aliphatic heterocycles. The first-order valence-corrected chi connectivity index (χ1v) is 9.15. The Labute approximate surface area is 132 Å². The number of carbonyl (C=O) groups excluding carboxylic acids is 1. The van der Waals surface area contributed by atoms with E-state index in [1.165, 1.54) is 6.07 Å². The van der Waals surface area contributed by atoms with Crippen molar-refractivity contribution < 1.29 is 13.2 Å². The van der Waals surface area contributed by atoms with Crippen LogP contribution in [0.25, 0.3) is 0 Å². The van der Waals surface area contributed by atoms with Gasteiger partial charge in [-0.25, -0.2) is 8.42 Å².